The van der Waals surface area contributed by atoms with E-state index in [1.54, 1.807) is 12.1 Å². The number of fused-ring (bicyclic) bond motifs is 1. The van der Waals surface area contributed by atoms with Crippen LogP contribution in [0.3, 0.4) is 0 Å². The molecule has 3 aliphatic heterocycles. The van der Waals surface area contributed by atoms with Crippen molar-refractivity contribution in [2.24, 2.45) is 15.4 Å². The Labute approximate surface area is 213 Å². The van der Waals surface area contributed by atoms with E-state index in [-0.39, 0.29) is 18.5 Å². The molecular weight excluding hydrogens is 468 g/mol. The second kappa shape index (κ2) is 9.09. The van der Waals surface area contributed by atoms with Crippen LogP contribution in [0, 0.1) is 6.92 Å². The van der Waals surface area contributed by atoms with E-state index in [2.05, 4.69) is 10.3 Å². The van der Waals surface area contributed by atoms with Crippen LogP contribution in [0.4, 0.5) is 5.69 Å². The maximum Gasteiger partial charge on any atom is 0.264 e. The Bertz CT molecular complexity index is 1440. The molecule has 9 nitrogen and oxygen atoms in total. The minimum Gasteiger partial charge on any atom is -0.271 e. The van der Waals surface area contributed by atoms with E-state index in [9.17, 15) is 14.4 Å². The van der Waals surface area contributed by atoms with E-state index in [1.165, 1.54) is 10.0 Å². The van der Waals surface area contributed by atoms with Gasteiger partial charge in [-0.1, -0.05) is 84.1 Å². The fourth-order valence-electron chi connectivity index (χ4n) is 5.10. The number of carbonyl (C=O) groups is 3. The molecule has 6 rings (SSSR count). The van der Waals surface area contributed by atoms with Gasteiger partial charge in [0.1, 0.15) is 6.54 Å². The number of imide groups is 1. The fraction of sp³-hybridized carbons (Fsp3) is 0.214. The number of nitrogens with zero attached hydrogens (tertiary/aromatic N) is 6. The third kappa shape index (κ3) is 3.88. The van der Waals surface area contributed by atoms with Gasteiger partial charge in [0.2, 0.25) is 0 Å². The molecular formula is C28H24N6O3. The van der Waals surface area contributed by atoms with E-state index in [0.29, 0.717) is 12.1 Å². The molecule has 0 aromatic heterocycles. The van der Waals surface area contributed by atoms with Crippen LogP contribution in [-0.4, -0.2) is 52.1 Å². The van der Waals surface area contributed by atoms with Crippen LogP contribution in [-0.2, 0) is 14.4 Å². The standard InChI is InChI=1S/C28H24N6O3/c1-18-10-8-9-15-22(18)33-27(36)25-26(28(33)37)32(31-29-25)17-24(35)34-23(20-13-6-3-7-14-20)16-21(30-34)19-11-4-2-5-12-19/h2-15,23,25-26H,16-17H2,1H3/t23-,25-,26+/m1/s1. The first-order valence-electron chi connectivity index (χ1n) is 12.1. The zero-order chi connectivity index (χ0) is 25.5. The highest BCUT2D eigenvalue weighted by molar-refractivity contribution is 6.25. The number of hydrazone groups is 1. The summed E-state index contributed by atoms with van der Waals surface area (Å²) < 4.78 is 0. The predicted molar refractivity (Wildman–Crippen MR) is 136 cm³/mol. The highest BCUT2D eigenvalue weighted by Gasteiger charge is 2.55. The summed E-state index contributed by atoms with van der Waals surface area (Å²) in [6.07, 6.45) is 0.561. The zero-order valence-electron chi connectivity index (χ0n) is 20.1. The number of aryl methyl sites for hydroxylation is 1. The SMILES string of the molecule is Cc1ccccc1N1C(=O)[C@@H]2[C@@H](N=NN2CC(=O)N2N=C(c3ccccc3)C[C@@H]2c2ccccc2)C1=O. The molecule has 0 saturated carbocycles. The van der Waals surface area contributed by atoms with Crippen LogP contribution in [0.2, 0.25) is 0 Å². The summed E-state index contributed by atoms with van der Waals surface area (Å²) in [5.41, 5.74) is 4.04. The van der Waals surface area contributed by atoms with Crippen molar-refractivity contribution in [3.63, 3.8) is 0 Å². The lowest BCUT2D eigenvalue weighted by Crippen LogP contribution is -2.44. The van der Waals surface area contributed by atoms with Crippen molar-refractivity contribution < 1.29 is 14.4 Å². The van der Waals surface area contributed by atoms with Crippen LogP contribution in [0.25, 0.3) is 0 Å². The van der Waals surface area contributed by atoms with Crippen LogP contribution in [0.5, 0.6) is 0 Å². The van der Waals surface area contributed by atoms with Gasteiger partial charge in [-0.2, -0.15) is 10.2 Å². The van der Waals surface area contributed by atoms with E-state index < -0.39 is 23.9 Å². The van der Waals surface area contributed by atoms with Crippen molar-refractivity contribution in [2.75, 3.05) is 11.4 Å². The first-order valence-corrected chi connectivity index (χ1v) is 12.1. The van der Waals surface area contributed by atoms with Crippen LogP contribution in [0.15, 0.2) is 100 Å². The molecule has 37 heavy (non-hydrogen) atoms. The first-order chi connectivity index (χ1) is 18.0. The minimum atomic E-state index is -0.966. The Morgan fingerprint density at radius 2 is 1.57 bits per heavy atom. The molecule has 1 fully saturated rings. The summed E-state index contributed by atoms with van der Waals surface area (Å²) in [5, 5.41) is 15.6. The summed E-state index contributed by atoms with van der Waals surface area (Å²) in [6.45, 7) is 1.62. The van der Waals surface area contributed by atoms with Gasteiger partial charge >= 0.3 is 0 Å². The van der Waals surface area contributed by atoms with Crippen molar-refractivity contribution >= 4 is 29.1 Å². The Balaban J connectivity index is 1.26. The molecule has 9 heteroatoms. The minimum absolute atomic E-state index is 0.222. The quantitative estimate of drug-likeness (QED) is 0.508. The number of amides is 3. The maximum atomic E-state index is 13.6. The molecule has 0 N–H and O–H groups in total. The molecule has 3 aliphatic rings. The van der Waals surface area contributed by atoms with Crippen molar-refractivity contribution in [1.29, 1.82) is 0 Å². The summed E-state index contributed by atoms with van der Waals surface area (Å²) in [5.74, 6) is -1.19. The van der Waals surface area contributed by atoms with Crippen molar-refractivity contribution in [2.45, 2.75) is 31.5 Å². The molecule has 0 bridgehead atoms. The molecule has 184 valence electrons. The maximum absolute atomic E-state index is 13.6. The van der Waals surface area contributed by atoms with E-state index in [4.69, 9.17) is 5.10 Å². The summed E-state index contributed by atoms with van der Waals surface area (Å²) >= 11 is 0. The highest BCUT2D eigenvalue weighted by atomic mass is 16.2. The monoisotopic (exact) mass is 492 g/mol. The Hall–Kier alpha value is -4.66. The van der Waals surface area contributed by atoms with Crippen molar-refractivity contribution in [3.05, 3.63) is 102 Å². The lowest BCUT2D eigenvalue weighted by atomic mass is 9.98. The molecule has 3 atom stereocenters. The average molecular weight is 493 g/mol. The van der Waals surface area contributed by atoms with Gasteiger partial charge in [0.05, 0.1) is 17.4 Å². The Morgan fingerprint density at radius 3 is 2.30 bits per heavy atom. The first kappa shape index (κ1) is 22.8. The van der Waals surface area contributed by atoms with E-state index in [0.717, 1.165) is 27.3 Å². The van der Waals surface area contributed by atoms with Gasteiger partial charge in [-0.05, 0) is 29.7 Å². The zero-order valence-corrected chi connectivity index (χ0v) is 20.1. The van der Waals surface area contributed by atoms with Gasteiger partial charge in [0.15, 0.2) is 12.1 Å². The van der Waals surface area contributed by atoms with Crippen molar-refractivity contribution in [1.82, 2.24) is 10.0 Å². The van der Waals surface area contributed by atoms with Gasteiger partial charge in [-0.15, -0.1) is 0 Å². The smallest absolute Gasteiger partial charge is 0.264 e. The normalized spacial score (nSPS) is 22.6. The Kier molecular flexibility index (Phi) is 5.60. The average Bonchev–Trinajstić information content (AvgIpc) is 3.61. The number of hydrogen-bond donors (Lipinski definition) is 0. The van der Waals surface area contributed by atoms with Gasteiger partial charge in [0, 0.05) is 6.42 Å². The number of benzene rings is 3. The third-order valence-corrected chi connectivity index (χ3v) is 6.97. The highest BCUT2D eigenvalue weighted by Crippen LogP contribution is 2.35. The number of hydrogen-bond acceptors (Lipinski definition) is 7. The molecule has 0 aliphatic carbocycles. The van der Waals surface area contributed by atoms with Gasteiger partial charge < -0.3 is 0 Å². The molecule has 0 spiro atoms. The third-order valence-electron chi connectivity index (χ3n) is 6.97. The molecule has 0 radical (unpaired) electrons. The van der Waals surface area contributed by atoms with E-state index >= 15 is 0 Å². The van der Waals surface area contributed by atoms with Crippen LogP contribution >= 0.6 is 0 Å². The lowest BCUT2D eigenvalue weighted by Gasteiger charge is -2.25. The number of para-hydroxylation sites is 1. The molecule has 1 saturated heterocycles. The molecule has 3 aromatic rings. The van der Waals surface area contributed by atoms with Gasteiger partial charge in [-0.25, -0.2) is 9.91 Å². The molecule has 3 heterocycles. The fourth-order valence-corrected chi connectivity index (χ4v) is 5.10. The molecule has 3 amide bonds. The summed E-state index contributed by atoms with van der Waals surface area (Å²) in [6, 6.07) is 24.5. The van der Waals surface area contributed by atoms with E-state index in [1.807, 2.05) is 79.7 Å². The predicted octanol–water partition coefficient (Wildman–Crippen LogP) is 3.67. The van der Waals surface area contributed by atoms with Gasteiger partial charge in [-0.3, -0.25) is 19.4 Å². The topological polar surface area (TPSA) is 98.0 Å². The second-order valence-corrected chi connectivity index (χ2v) is 9.27. The lowest BCUT2D eigenvalue weighted by molar-refractivity contribution is -0.135. The van der Waals surface area contributed by atoms with Crippen LogP contribution in [0.1, 0.15) is 29.2 Å². The van der Waals surface area contributed by atoms with Crippen molar-refractivity contribution in [3.8, 4) is 0 Å². The summed E-state index contributed by atoms with van der Waals surface area (Å²) in [7, 11) is 0. The molecule has 3 aromatic carbocycles. The number of anilines is 1. The number of rotatable bonds is 5. The molecule has 0 unspecified atom stereocenters. The summed E-state index contributed by atoms with van der Waals surface area (Å²) in [4.78, 5) is 41.2. The second-order valence-electron chi connectivity index (χ2n) is 9.27. The number of carbonyl (C=O) groups excluding carboxylic acids is 3. The largest absolute Gasteiger partial charge is 0.271 e. The van der Waals surface area contributed by atoms with Gasteiger partial charge in [0.25, 0.3) is 17.7 Å². The van der Waals surface area contributed by atoms with Crippen LogP contribution < -0.4 is 4.90 Å². The Morgan fingerprint density at radius 1 is 0.892 bits per heavy atom.